The Hall–Kier alpha value is -2.69. The zero-order valence-electron chi connectivity index (χ0n) is 17.1. The van der Waals surface area contributed by atoms with Crippen molar-refractivity contribution in [1.29, 1.82) is 0 Å². The Bertz CT molecular complexity index is 971. The van der Waals surface area contributed by atoms with E-state index in [9.17, 15) is 4.79 Å². The van der Waals surface area contributed by atoms with Crippen molar-refractivity contribution in [3.63, 3.8) is 0 Å². The predicted molar refractivity (Wildman–Crippen MR) is 115 cm³/mol. The van der Waals surface area contributed by atoms with Gasteiger partial charge in [0.15, 0.2) is 0 Å². The van der Waals surface area contributed by atoms with E-state index in [-0.39, 0.29) is 17.6 Å². The maximum absolute atomic E-state index is 13.0. The number of anilines is 3. The fraction of sp³-hybridized carbons (Fsp3) is 0.435. The number of nitrogens with zero attached hydrogens (tertiary/aromatic N) is 2. The standard InChI is InChI=1S/C23H28N4O/c1-14-24-21-19(27(14)4)11-18(22(28)26(2)3)17-9-10-23(25-20(17)21)12-15-7-5-6-8-16(15)13-23/h5-7,11,13-14,24-25H,8-10,12H2,1-4H3. The van der Waals surface area contributed by atoms with Crippen molar-refractivity contribution in [3.8, 4) is 0 Å². The Kier molecular flexibility index (Phi) is 3.67. The molecule has 2 aliphatic heterocycles. The topological polar surface area (TPSA) is 47.6 Å². The van der Waals surface area contributed by atoms with Gasteiger partial charge in [-0.1, -0.05) is 24.3 Å². The number of allylic oxidation sites excluding steroid dienone is 4. The fourth-order valence-corrected chi connectivity index (χ4v) is 5.04. The molecule has 0 radical (unpaired) electrons. The highest BCUT2D eigenvalue weighted by atomic mass is 16.2. The van der Waals surface area contributed by atoms with Crippen LogP contribution >= 0.6 is 0 Å². The van der Waals surface area contributed by atoms with Gasteiger partial charge in [-0.3, -0.25) is 4.79 Å². The van der Waals surface area contributed by atoms with Crippen LogP contribution in [-0.4, -0.2) is 43.7 Å². The van der Waals surface area contributed by atoms with E-state index in [1.165, 1.54) is 11.1 Å². The zero-order chi connectivity index (χ0) is 19.6. The lowest BCUT2D eigenvalue weighted by Crippen LogP contribution is -2.39. The van der Waals surface area contributed by atoms with Gasteiger partial charge >= 0.3 is 0 Å². The zero-order valence-corrected chi connectivity index (χ0v) is 17.1. The second kappa shape index (κ2) is 5.90. The fourth-order valence-electron chi connectivity index (χ4n) is 5.04. The highest BCUT2D eigenvalue weighted by Crippen LogP contribution is 2.51. The summed E-state index contributed by atoms with van der Waals surface area (Å²) in [4.78, 5) is 16.8. The molecule has 5 heteroatoms. The second-order valence-electron chi connectivity index (χ2n) is 8.75. The Labute approximate surface area is 166 Å². The summed E-state index contributed by atoms with van der Waals surface area (Å²) in [5, 5.41) is 7.53. The van der Waals surface area contributed by atoms with Gasteiger partial charge in [-0.25, -0.2) is 0 Å². The van der Waals surface area contributed by atoms with Crippen molar-refractivity contribution in [1.82, 2.24) is 4.90 Å². The molecule has 0 bridgehead atoms. The minimum Gasteiger partial charge on any atom is -0.374 e. The summed E-state index contributed by atoms with van der Waals surface area (Å²) >= 11 is 0. The maximum Gasteiger partial charge on any atom is 0.253 e. The van der Waals surface area contributed by atoms with Crippen LogP contribution in [0.3, 0.4) is 0 Å². The number of nitrogens with one attached hydrogen (secondary N) is 2. The molecule has 146 valence electrons. The van der Waals surface area contributed by atoms with E-state index < -0.39 is 0 Å². The number of benzene rings is 1. The smallest absolute Gasteiger partial charge is 0.253 e. The number of rotatable bonds is 1. The van der Waals surface area contributed by atoms with Crippen LogP contribution in [0.15, 0.2) is 41.5 Å². The molecule has 1 spiro atoms. The third kappa shape index (κ3) is 2.42. The Morgan fingerprint density at radius 3 is 2.86 bits per heavy atom. The first kappa shape index (κ1) is 17.4. The van der Waals surface area contributed by atoms with Gasteiger partial charge in [-0.15, -0.1) is 0 Å². The van der Waals surface area contributed by atoms with Crippen molar-refractivity contribution >= 4 is 23.0 Å². The predicted octanol–water partition coefficient (Wildman–Crippen LogP) is 3.91. The molecule has 2 unspecified atom stereocenters. The van der Waals surface area contributed by atoms with Crippen molar-refractivity contribution in [2.45, 2.75) is 44.3 Å². The maximum atomic E-state index is 13.0. The molecule has 0 fully saturated rings. The van der Waals surface area contributed by atoms with Crippen LogP contribution in [0.4, 0.5) is 17.1 Å². The van der Waals surface area contributed by atoms with Crippen LogP contribution in [0.1, 0.15) is 42.1 Å². The first-order valence-electron chi connectivity index (χ1n) is 10.2. The molecule has 28 heavy (non-hydrogen) atoms. The quantitative estimate of drug-likeness (QED) is 0.780. The number of carbonyl (C=O) groups is 1. The van der Waals surface area contributed by atoms with E-state index in [1.807, 2.05) is 14.1 Å². The van der Waals surface area contributed by atoms with Crippen LogP contribution in [0, 0.1) is 0 Å². The number of hydrogen-bond acceptors (Lipinski definition) is 4. The Morgan fingerprint density at radius 2 is 2.11 bits per heavy atom. The van der Waals surface area contributed by atoms with Crippen LogP contribution in [0.2, 0.25) is 0 Å². The monoisotopic (exact) mass is 376 g/mol. The molecule has 1 aromatic rings. The molecule has 2 heterocycles. The summed E-state index contributed by atoms with van der Waals surface area (Å²) in [6.45, 7) is 2.15. The van der Waals surface area contributed by atoms with E-state index in [4.69, 9.17) is 0 Å². The van der Waals surface area contributed by atoms with Gasteiger partial charge in [0.2, 0.25) is 0 Å². The van der Waals surface area contributed by atoms with E-state index in [2.05, 4.69) is 59.9 Å². The van der Waals surface area contributed by atoms with Gasteiger partial charge in [0.25, 0.3) is 5.91 Å². The van der Waals surface area contributed by atoms with Crippen LogP contribution in [0.5, 0.6) is 0 Å². The van der Waals surface area contributed by atoms with E-state index in [0.29, 0.717) is 0 Å². The van der Waals surface area contributed by atoms with Crippen molar-refractivity contribution < 1.29 is 4.79 Å². The number of fused-ring (bicyclic) bond motifs is 4. The summed E-state index contributed by atoms with van der Waals surface area (Å²) in [6, 6.07) is 2.08. The average Bonchev–Trinajstić information content (AvgIpc) is 3.17. The highest BCUT2D eigenvalue weighted by molar-refractivity contribution is 6.03. The molecule has 0 saturated heterocycles. The van der Waals surface area contributed by atoms with Gasteiger partial charge < -0.3 is 20.4 Å². The lowest BCUT2D eigenvalue weighted by molar-refractivity contribution is 0.0826. The van der Waals surface area contributed by atoms with Crippen molar-refractivity contribution in [2.75, 3.05) is 36.7 Å². The van der Waals surface area contributed by atoms with Crippen LogP contribution in [0.25, 0.3) is 0 Å². The van der Waals surface area contributed by atoms with E-state index in [0.717, 1.165) is 53.9 Å². The molecule has 0 aromatic heterocycles. The summed E-state index contributed by atoms with van der Waals surface area (Å²) in [5.41, 5.74) is 8.20. The molecule has 2 N–H and O–H groups in total. The SMILES string of the molecule is CC1Nc2c(cc(C(=O)N(C)C)c3c2NC2(C=C4CC=CC=C4C2)CC3)N1C. The first-order chi connectivity index (χ1) is 13.4. The summed E-state index contributed by atoms with van der Waals surface area (Å²) < 4.78 is 0. The third-order valence-electron chi connectivity index (χ3n) is 6.70. The third-order valence-corrected chi connectivity index (χ3v) is 6.70. The van der Waals surface area contributed by atoms with Crippen molar-refractivity contribution in [2.24, 2.45) is 0 Å². The van der Waals surface area contributed by atoms with Crippen LogP contribution < -0.4 is 15.5 Å². The van der Waals surface area contributed by atoms with Gasteiger partial charge in [0, 0.05) is 26.7 Å². The van der Waals surface area contributed by atoms with E-state index >= 15 is 0 Å². The molecule has 5 rings (SSSR count). The molecule has 0 saturated carbocycles. The molecule has 2 aliphatic carbocycles. The summed E-state index contributed by atoms with van der Waals surface area (Å²) in [6.07, 6.45) is 13.3. The molecular weight excluding hydrogens is 348 g/mol. The lowest BCUT2D eigenvalue weighted by atomic mass is 9.82. The molecule has 1 amide bonds. The largest absolute Gasteiger partial charge is 0.374 e. The number of hydrogen-bond donors (Lipinski definition) is 2. The Balaban J connectivity index is 1.63. The minimum absolute atomic E-state index is 0.0418. The second-order valence-corrected chi connectivity index (χ2v) is 8.75. The molecular formula is C23H28N4O. The van der Waals surface area contributed by atoms with Gasteiger partial charge in [-0.05, 0) is 55.4 Å². The normalized spacial score (nSPS) is 26.7. The summed E-state index contributed by atoms with van der Waals surface area (Å²) in [5.74, 6) is 0.0788. The highest BCUT2D eigenvalue weighted by Gasteiger charge is 2.42. The van der Waals surface area contributed by atoms with Crippen molar-refractivity contribution in [3.05, 3.63) is 52.6 Å². The van der Waals surface area contributed by atoms with E-state index in [1.54, 1.807) is 4.90 Å². The lowest BCUT2D eigenvalue weighted by Gasteiger charge is -2.37. The summed E-state index contributed by atoms with van der Waals surface area (Å²) in [7, 11) is 5.74. The van der Waals surface area contributed by atoms with Gasteiger partial charge in [0.1, 0.15) is 0 Å². The molecule has 1 aromatic carbocycles. The number of amides is 1. The molecule has 2 atom stereocenters. The number of carbonyl (C=O) groups excluding carboxylic acids is 1. The molecule has 5 nitrogen and oxygen atoms in total. The van der Waals surface area contributed by atoms with Gasteiger partial charge in [0.05, 0.1) is 28.8 Å². The minimum atomic E-state index is -0.0418. The van der Waals surface area contributed by atoms with Gasteiger partial charge in [-0.2, -0.15) is 0 Å². The first-order valence-corrected chi connectivity index (χ1v) is 10.2. The van der Waals surface area contributed by atoms with Crippen LogP contribution in [-0.2, 0) is 6.42 Å². The average molecular weight is 377 g/mol. The molecule has 4 aliphatic rings. The Morgan fingerprint density at radius 1 is 1.29 bits per heavy atom.